The molecule has 0 saturated carbocycles. The highest BCUT2D eigenvalue weighted by Crippen LogP contribution is 2.33. The molecule has 0 bridgehead atoms. The maximum Gasteiger partial charge on any atom is 0.0430 e. The van der Waals surface area contributed by atoms with E-state index in [1.165, 1.54) is 47.3 Å². The van der Waals surface area contributed by atoms with Gasteiger partial charge < -0.3 is 5.73 Å². The van der Waals surface area contributed by atoms with Crippen molar-refractivity contribution in [3.8, 4) is 0 Å². The van der Waals surface area contributed by atoms with Crippen molar-refractivity contribution in [1.82, 2.24) is 0 Å². The van der Waals surface area contributed by atoms with Crippen LogP contribution in [0.25, 0.3) is 0 Å². The molecule has 0 aliphatic heterocycles. The molecule has 106 valence electrons. The summed E-state index contributed by atoms with van der Waals surface area (Å²) < 4.78 is 0. The molecule has 1 unspecified atom stereocenters. The highest BCUT2D eigenvalue weighted by atomic mass is 32.1. The van der Waals surface area contributed by atoms with Crippen LogP contribution in [0.1, 0.15) is 50.9 Å². The predicted octanol–water partition coefficient (Wildman–Crippen LogP) is 4.49. The molecule has 0 fully saturated rings. The molecule has 0 radical (unpaired) electrons. The van der Waals surface area contributed by atoms with Crippen LogP contribution in [0.15, 0.2) is 24.3 Å². The summed E-state index contributed by atoms with van der Waals surface area (Å²) in [7, 11) is 0. The van der Waals surface area contributed by atoms with E-state index < -0.39 is 0 Å². The monoisotopic (exact) mass is 285 g/mol. The summed E-state index contributed by atoms with van der Waals surface area (Å²) in [5.41, 5.74) is 12.0. The molecule has 3 rings (SSSR count). The zero-order chi connectivity index (χ0) is 14.1. The Bertz CT molecular complexity index is 568. The van der Waals surface area contributed by atoms with E-state index in [-0.39, 0.29) is 6.04 Å². The summed E-state index contributed by atoms with van der Waals surface area (Å²) in [5, 5.41) is 0. The molecule has 2 heteroatoms. The van der Waals surface area contributed by atoms with E-state index in [4.69, 9.17) is 5.73 Å². The van der Waals surface area contributed by atoms with Gasteiger partial charge in [-0.1, -0.05) is 29.3 Å². The molecule has 0 amide bonds. The lowest BCUT2D eigenvalue weighted by Gasteiger charge is -2.11. The number of hydrogen-bond acceptors (Lipinski definition) is 2. The normalized spacial score (nSPS) is 15.9. The van der Waals surface area contributed by atoms with E-state index in [0.717, 1.165) is 6.42 Å². The largest absolute Gasteiger partial charge is 0.323 e. The average molecular weight is 285 g/mol. The SMILES string of the molecule is Cc1cc(C)cc(CC(N)c2cc3c(s2)CCCC3)c1. The molecule has 20 heavy (non-hydrogen) atoms. The summed E-state index contributed by atoms with van der Waals surface area (Å²) >= 11 is 1.95. The lowest BCUT2D eigenvalue weighted by atomic mass is 9.97. The zero-order valence-electron chi connectivity index (χ0n) is 12.4. The maximum atomic E-state index is 6.45. The average Bonchev–Trinajstić information content (AvgIpc) is 2.81. The lowest BCUT2D eigenvalue weighted by Crippen LogP contribution is -2.12. The van der Waals surface area contributed by atoms with Crippen LogP contribution >= 0.6 is 11.3 Å². The van der Waals surface area contributed by atoms with Gasteiger partial charge in [0.1, 0.15) is 0 Å². The third kappa shape index (κ3) is 2.97. The van der Waals surface area contributed by atoms with Gasteiger partial charge in [0.2, 0.25) is 0 Å². The standard InChI is InChI=1S/C18H23NS/c1-12-7-13(2)9-14(8-12)10-16(19)18-11-15-5-3-4-6-17(15)20-18/h7-9,11,16H,3-6,10,19H2,1-2H3. The highest BCUT2D eigenvalue weighted by molar-refractivity contribution is 7.12. The van der Waals surface area contributed by atoms with Crippen LogP contribution in [-0.4, -0.2) is 0 Å². The fourth-order valence-electron chi connectivity index (χ4n) is 3.24. The van der Waals surface area contributed by atoms with Gasteiger partial charge in [0, 0.05) is 15.8 Å². The molecule has 2 N–H and O–H groups in total. The minimum atomic E-state index is 0.145. The molecule has 0 saturated heterocycles. The van der Waals surface area contributed by atoms with Gasteiger partial charge in [0.25, 0.3) is 0 Å². The van der Waals surface area contributed by atoms with Crippen LogP contribution in [0, 0.1) is 13.8 Å². The molecule has 1 aliphatic carbocycles. The summed E-state index contributed by atoms with van der Waals surface area (Å²) in [5.74, 6) is 0. The van der Waals surface area contributed by atoms with E-state index in [2.05, 4.69) is 38.1 Å². The van der Waals surface area contributed by atoms with Crippen molar-refractivity contribution in [3.05, 3.63) is 56.3 Å². The van der Waals surface area contributed by atoms with Gasteiger partial charge in [-0.15, -0.1) is 11.3 Å². The predicted molar refractivity (Wildman–Crippen MR) is 87.5 cm³/mol. The van der Waals surface area contributed by atoms with Gasteiger partial charge in [-0.25, -0.2) is 0 Å². The molecule has 1 aromatic heterocycles. The number of aryl methyl sites for hydroxylation is 4. The number of thiophene rings is 1. The second kappa shape index (κ2) is 5.71. The van der Waals surface area contributed by atoms with E-state index >= 15 is 0 Å². The van der Waals surface area contributed by atoms with Gasteiger partial charge >= 0.3 is 0 Å². The third-order valence-corrected chi connectivity index (χ3v) is 5.49. The summed E-state index contributed by atoms with van der Waals surface area (Å²) in [6.45, 7) is 4.32. The topological polar surface area (TPSA) is 26.0 Å². The molecule has 1 heterocycles. The van der Waals surface area contributed by atoms with Crippen molar-refractivity contribution in [2.45, 2.75) is 52.0 Å². The van der Waals surface area contributed by atoms with E-state index in [9.17, 15) is 0 Å². The second-order valence-electron chi connectivity index (χ2n) is 6.11. The molecule has 1 aromatic carbocycles. The van der Waals surface area contributed by atoms with Crippen LogP contribution in [-0.2, 0) is 19.3 Å². The van der Waals surface area contributed by atoms with E-state index in [1.807, 2.05) is 11.3 Å². The van der Waals surface area contributed by atoms with Crippen molar-refractivity contribution in [1.29, 1.82) is 0 Å². The van der Waals surface area contributed by atoms with E-state index in [1.54, 1.807) is 10.4 Å². The van der Waals surface area contributed by atoms with Gasteiger partial charge in [0.05, 0.1) is 0 Å². The van der Waals surface area contributed by atoms with Crippen molar-refractivity contribution in [3.63, 3.8) is 0 Å². The third-order valence-electron chi connectivity index (χ3n) is 4.12. The Morgan fingerprint density at radius 1 is 1.05 bits per heavy atom. The molecule has 1 atom stereocenters. The summed E-state index contributed by atoms with van der Waals surface area (Å²) in [6.07, 6.45) is 6.15. The Morgan fingerprint density at radius 3 is 2.45 bits per heavy atom. The van der Waals surface area contributed by atoms with Crippen LogP contribution in [0.2, 0.25) is 0 Å². The quantitative estimate of drug-likeness (QED) is 0.883. The molecule has 2 aromatic rings. The van der Waals surface area contributed by atoms with Crippen LogP contribution in [0.3, 0.4) is 0 Å². The highest BCUT2D eigenvalue weighted by Gasteiger charge is 2.17. The number of rotatable bonds is 3. The minimum Gasteiger partial charge on any atom is -0.323 e. The molecular formula is C18H23NS. The van der Waals surface area contributed by atoms with Crippen molar-refractivity contribution >= 4 is 11.3 Å². The Hall–Kier alpha value is -1.12. The first-order valence-corrected chi connectivity index (χ1v) is 8.38. The molecular weight excluding hydrogens is 262 g/mol. The maximum absolute atomic E-state index is 6.45. The lowest BCUT2D eigenvalue weighted by molar-refractivity contribution is 0.695. The fourth-order valence-corrected chi connectivity index (χ4v) is 4.50. The number of benzene rings is 1. The first-order valence-electron chi connectivity index (χ1n) is 7.56. The van der Waals surface area contributed by atoms with Crippen LogP contribution < -0.4 is 5.73 Å². The Morgan fingerprint density at radius 2 is 1.75 bits per heavy atom. The minimum absolute atomic E-state index is 0.145. The first kappa shape index (κ1) is 13.8. The molecule has 0 spiro atoms. The van der Waals surface area contributed by atoms with Gasteiger partial charge in [-0.2, -0.15) is 0 Å². The Balaban J connectivity index is 1.78. The first-order chi connectivity index (χ1) is 9.61. The smallest absolute Gasteiger partial charge is 0.0430 e. The summed E-state index contributed by atoms with van der Waals surface area (Å²) in [6, 6.07) is 9.26. The Kier molecular flexibility index (Phi) is 3.95. The van der Waals surface area contributed by atoms with E-state index in [0.29, 0.717) is 0 Å². The zero-order valence-corrected chi connectivity index (χ0v) is 13.2. The molecule has 1 aliphatic rings. The van der Waals surface area contributed by atoms with Crippen molar-refractivity contribution in [2.75, 3.05) is 0 Å². The van der Waals surface area contributed by atoms with Crippen molar-refractivity contribution in [2.24, 2.45) is 5.73 Å². The van der Waals surface area contributed by atoms with Gasteiger partial charge in [-0.05, 0) is 63.1 Å². The number of hydrogen-bond donors (Lipinski definition) is 1. The Labute approximate surface area is 125 Å². The fraction of sp³-hybridized carbons (Fsp3) is 0.444. The second-order valence-corrected chi connectivity index (χ2v) is 7.28. The summed E-state index contributed by atoms with van der Waals surface area (Å²) in [4.78, 5) is 2.96. The number of nitrogens with two attached hydrogens (primary N) is 1. The van der Waals surface area contributed by atoms with Gasteiger partial charge in [-0.3, -0.25) is 0 Å². The van der Waals surface area contributed by atoms with Gasteiger partial charge in [0.15, 0.2) is 0 Å². The van der Waals surface area contributed by atoms with Crippen LogP contribution in [0.4, 0.5) is 0 Å². The van der Waals surface area contributed by atoms with Crippen LogP contribution in [0.5, 0.6) is 0 Å². The van der Waals surface area contributed by atoms with Crippen molar-refractivity contribution < 1.29 is 0 Å². The number of fused-ring (bicyclic) bond motifs is 1. The molecule has 1 nitrogen and oxygen atoms in total.